The van der Waals surface area contributed by atoms with Crippen molar-refractivity contribution in [1.29, 1.82) is 0 Å². The first-order valence-corrected chi connectivity index (χ1v) is 10.3. The molecule has 0 aliphatic carbocycles. The third-order valence-corrected chi connectivity index (χ3v) is 7.12. The first kappa shape index (κ1) is 20.1. The van der Waals surface area contributed by atoms with Crippen molar-refractivity contribution in [3.05, 3.63) is 35.9 Å². The van der Waals surface area contributed by atoms with Gasteiger partial charge in [-0.3, -0.25) is 4.79 Å². The highest BCUT2D eigenvalue weighted by atomic mass is 35.5. The lowest BCUT2D eigenvalue weighted by molar-refractivity contribution is 0.0999. The van der Waals surface area contributed by atoms with Crippen molar-refractivity contribution in [3.63, 3.8) is 0 Å². The number of sulfonamides is 1. The predicted molar refractivity (Wildman–Crippen MR) is 109 cm³/mol. The summed E-state index contributed by atoms with van der Waals surface area (Å²) in [5.41, 5.74) is 1.27. The van der Waals surface area contributed by atoms with Gasteiger partial charge in [0.05, 0.1) is 10.6 Å². The van der Waals surface area contributed by atoms with E-state index >= 15 is 0 Å². The molecule has 0 atom stereocenters. The first-order valence-electron chi connectivity index (χ1n) is 8.87. The molecule has 2 aromatic carbocycles. The summed E-state index contributed by atoms with van der Waals surface area (Å²) in [4.78, 5) is 14.2. The van der Waals surface area contributed by atoms with Gasteiger partial charge in [-0.15, -0.1) is 12.4 Å². The first-order chi connectivity index (χ1) is 12.3. The monoisotopic (exact) mass is 409 g/mol. The molecule has 146 valence electrons. The lowest BCUT2D eigenvalue weighted by Crippen LogP contribution is -2.42. The van der Waals surface area contributed by atoms with Crippen molar-refractivity contribution in [2.45, 2.75) is 24.7 Å². The van der Waals surface area contributed by atoms with Gasteiger partial charge in [0.2, 0.25) is 10.0 Å². The lowest BCUT2D eigenvalue weighted by atomic mass is 9.81. The Bertz CT molecular complexity index is 1000. The Labute approximate surface area is 165 Å². The van der Waals surface area contributed by atoms with E-state index in [9.17, 15) is 13.2 Å². The minimum Gasteiger partial charge on any atom is -0.317 e. The molecule has 4 rings (SSSR count). The molecule has 0 aromatic heterocycles. The number of carbonyl (C=O) groups is 1. The summed E-state index contributed by atoms with van der Waals surface area (Å²) in [6.07, 6.45) is 1.89. The van der Waals surface area contributed by atoms with Crippen LogP contribution >= 0.6 is 12.4 Å². The summed E-state index contributed by atoms with van der Waals surface area (Å²) in [6.45, 7) is 4.36. The lowest BCUT2D eigenvalue weighted by Gasteiger charge is -2.34. The highest BCUT2D eigenvalue weighted by Crippen LogP contribution is 2.39. The van der Waals surface area contributed by atoms with Gasteiger partial charge in [0, 0.05) is 29.9 Å². The Morgan fingerprint density at radius 1 is 1.19 bits per heavy atom. The molecule has 27 heavy (non-hydrogen) atoms. The molecule has 6 nitrogen and oxygen atoms in total. The third-order valence-electron chi connectivity index (χ3n) is 5.66. The maximum Gasteiger partial charge on any atom is 0.258 e. The topological polar surface area (TPSA) is 78.5 Å². The Hall–Kier alpha value is -1.67. The van der Waals surface area contributed by atoms with Gasteiger partial charge in [-0.25, -0.2) is 13.1 Å². The number of hydrogen-bond donors (Lipinski definition) is 2. The van der Waals surface area contributed by atoms with E-state index in [2.05, 4.69) is 17.0 Å². The molecule has 0 bridgehead atoms. The number of amides is 1. The fourth-order valence-electron chi connectivity index (χ4n) is 3.90. The Kier molecular flexibility index (Phi) is 5.24. The molecule has 0 saturated carbocycles. The number of benzene rings is 2. The van der Waals surface area contributed by atoms with E-state index in [4.69, 9.17) is 0 Å². The molecule has 2 aliphatic heterocycles. The molecule has 0 spiro atoms. The highest BCUT2D eigenvalue weighted by molar-refractivity contribution is 7.89. The highest BCUT2D eigenvalue weighted by Gasteiger charge is 2.32. The van der Waals surface area contributed by atoms with Gasteiger partial charge in [0.25, 0.3) is 5.91 Å². The summed E-state index contributed by atoms with van der Waals surface area (Å²) in [5, 5.41) is 4.62. The fourth-order valence-corrected chi connectivity index (χ4v) is 5.30. The second kappa shape index (κ2) is 7.05. The van der Waals surface area contributed by atoms with Crippen molar-refractivity contribution < 1.29 is 13.2 Å². The predicted octanol–water partition coefficient (Wildman–Crippen LogP) is 2.52. The van der Waals surface area contributed by atoms with Gasteiger partial charge in [0.15, 0.2) is 0 Å². The number of anilines is 1. The van der Waals surface area contributed by atoms with Gasteiger partial charge in [-0.1, -0.05) is 19.1 Å². The zero-order valence-electron chi connectivity index (χ0n) is 15.4. The number of hydrogen-bond acceptors (Lipinski definition) is 4. The largest absolute Gasteiger partial charge is 0.317 e. The van der Waals surface area contributed by atoms with E-state index in [0.29, 0.717) is 17.5 Å². The SMILES string of the molecule is CN1C(=O)c2cccc3c(S(=O)(=O)NCC4(C)CCNCC4)ccc1c23.Cl. The quantitative estimate of drug-likeness (QED) is 0.813. The van der Waals surface area contributed by atoms with Crippen LogP contribution in [0.15, 0.2) is 35.2 Å². The van der Waals surface area contributed by atoms with Crippen LogP contribution in [0.25, 0.3) is 10.8 Å². The molecule has 8 heteroatoms. The number of nitrogens with zero attached hydrogens (tertiary/aromatic N) is 1. The summed E-state index contributed by atoms with van der Waals surface area (Å²) in [6, 6.07) is 8.58. The molecule has 2 aromatic rings. The molecule has 2 heterocycles. The van der Waals surface area contributed by atoms with Gasteiger partial charge in [-0.2, -0.15) is 0 Å². The van der Waals surface area contributed by atoms with Gasteiger partial charge in [0.1, 0.15) is 0 Å². The van der Waals surface area contributed by atoms with Crippen molar-refractivity contribution in [2.75, 3.05) is 31.6 Å². The molecule has 1 saturated heterocycles. The van der Waals surface area contributed by atoms with Crippen LogP contribution < -0.4 is 14.9 Å². The number of piperidine rings is 1. The average molecular weight is 410 g/mol. The number of rotatable bonds is 4. The molecular formula is C19H24ClN3O3S. The molecule has 0 radical (unpaired) electrons. The second-order valence-electron chi connectivity index (χ2n) is 7.56. The van der Waals surface area contributed by atoms with Crippen LogP contribution in [0.1, 0.15) is 30.1 Å². The zero-order chi connectivity index (χ0) is 18.5. The van der Waals surface area contributed by atoms with Crippen LogP contribution in [0.4, 0.5) is 5.69 Å². The molecule has 0 unspecified atom stereocenters. The Balaban J connectivity index is 0.00000210. The minimum absolute atomic E-state index is 0. The minimum atomic E-state index is -3.67. The van der Waals surface area contributed by atoms with Crippen molar-refractivity contribution in [1.82, 2.24) is 10.0 Å². The molecule has 2 N–H and O–H groups in total. The van der Waals surface area contributed by atoms with Gasteiger partial charge >= 0.3 is 0 Å². The van der Waals surface area contributed by atoms with Crippen LogP contribution in [0.5, 0.6) is 0 Å². The van der Waals surface area contributed by atoms with Crippen molar-refractivity contribution in [3.8, 4) is 0 Å². The van der Waals surface area contributed by atoms with E-state index < -0.39 is 10.0 Å². The van der Waals surface area contributed by atoms with E-state index in [1.807, 2.05) is 0 Å². The molecular weight excluding hydrogens is 386 g/mol. The van der Waals surface area contributed by atoms with Crippen LogP contribution in [0, 0.1) is 5.41 Å². The van der Waals surface area contributed by atoms with Crippen molar-refractivity contribution in [2.24, 2.45) is 5.41 Å². The van der Waals surface area contributed by atoms with Crippen LogP contribution in [-0.2, 0) is 10.0 Å². The van der Waals surface area contributed by atoms with E-state index in [0.717, 1.165) is 37.0 Å². The average Bonchev–Trinajstić information content (AvgIpc) is 2.88. The zero-order valence-corrected chi connectivity index (χ0v) is 17.0. The summed E-state index contributed by atoms with van der Waals surface area (Å²) in [7, 11) is -1.96. The normalized spacial score (nSPS) is 18.6. The number of nitrogens with one attached hydrogen (secondary N) is 2. The summed E-state index contributed by atoms with van der Waals surface area (Å²) >= 11 is 0. The Morgan fingerprint density at radius 3 is 2.59 bits per heavy atom. The molecule has 2 aliphatic rings. The van der Waals surface area contributed by atoms with Crippen LogP contribution in [-0.4, -0.2) is 41.0 Å². The Morgan fingerprint density at radius 2 is 1.89 bits per heavy atom. The van der Waals surface area contributed by atoms with Gasteiger partial charge in [-0.05, 0) is 49.5 Å². The second-order valence-corrected chi connectivity index (χ2v) is 9.30. The van der Waals surface area contributed by atoms with E-state index in [1.165, 1.54) is 0 Å². The smallest absolute Gasteiger partial charge is 0.258 e. The molecule has 1 amide bonds. The maximum absolute atomic E-state index is 13.0. The maximum atomic E-state index is 13.0. The van der Waals surface area contributed by atoms with E-state index in [-0.39, 0.29) is 28.6 Å². The fraction of sp³-hybridized carbons (Fsp3) is 0.421. The standard InChI is InChI=1S/C19H23N3O3S.ClH/c1-19(8-10-20-11-9-19)12-21-26(24,25)16-7-6-15-17-13(16)4-3-5-14(17)18(23)22(15)2;/h3-7,20-21H,8-12H2,1-2H3;1H. The third kappa shape index (κ3) is 3.33. The van der Waals surface area contributed by atoms with E-state index in [1.54, 1.807) is 42.3 Å². The number of carbonyl (C=O) groups excluding carboxylic acids is 1. The summed E-state index contributed by atoms with van der Waals surface area (Å²) < 4.78 is 28.8. The van der Waals surface area contributed by atoms with Crippen molar-refractivity contribution >= 4 is 44.8 Å². The molecule has 1 fully saturated rings. The number of halogens is 1. The van der Waals surface area contributed by atoms with Gasteiger partial charge < -0.3 is 10.2 Å². The van der Waals surface area contributed by atoms with Crippen LogP contribution in [0.2, 0.25) is 0 Å². The van der Waals surface area contributed by atoms with Crippen LogP contribution in [0.3, 0.4) is 0 Å². The summed E-state index contributed by atoms with van der Waals surface area (Å²) in [5.74, 6) is -0.102.